The monoisotopic (exact) mass is 351 g/mol. The molecule has 2 aromatic rings. The van der Waals surface area contributed by atoms with Crippen molar-refractivity contribution in [3.8, 4) is 0 Å². The molecule has 0 amide bonds. The Morgan fingerprint density at radius 3 is 2.40 bits per heavy atom. The lowest BCUT2D eigenvalue weighted by molar-refractivity contribution is 0.953. The zero-order chi connectivity index (χ0) is 18.4. The molecule has 0 unspecified atom stereocenters. The van der Waals surface area contributed by atoms with Gasteiger partial charge in [-0.15, -0.1) is 0 Å². The molecule has 0 aliphatic rings. The summed E-state index contributed by atoms with van der Waals surface area (Å²) in [5.41, 5.74) is 3.13. The van der Waals surface area contributed by atoms with Crippen molar-refractivity contribution in [3.05, 3.63) is 81.0 Å². The van der Waals surface area contributed by atoms with Crippen molar-refractivity contribution in [1.82, 2.24) is 15.0 Å². The van der Waals surface area contributed by atoms with E-state index in [9.17, 15) is 0 Å². The first-order valence-electron chi connectivity index (χ1n) is 8.10. The highest BCUT2D eigenvalue weighted by molar-refractivity contribution is 6.28. The highest BCUT2D eigenvalue weighted by Gasteiger charge is 2.07. The van der Waals surface area contributed by atoms with Crippen LogP contribution in [0.1, 0.15) is 32.4 Å². The molecule has 0 atom stereocenters. The summed E-state index contributed by atoms with van der Waals surface area (Å²) in [7, 11) is 0. The number of rotatable bonds is 4. The number of benzene rings is 1. The molecule has 0 saturated heterocycles. The highest BCUT2D eigenvalue weighted by Crippen LogP contribution is 2.19. The zero-order valence-corrected chi connectivity index (χ0v) is 15.8. The van der Waals surface area contributed by atoms with E-state index >= 15 is 0 Å². The fraction of sp³-hybridized carbons (Fsp3) is 0.190. The molecule has 25 heavy (non-hydrogen) atoms. The largest absolute Gasteiger partial charge is 0.226 e. The molecule has 0 N–H and O–H groups in total. The fourth-order valence-electron chi connectivity index (χ4n) is 2.44. The van der Waals surface area contributed by atoms with Gasteiger partial charge in [-0.2, -0.15) is 4.98 Å². The van der Waals surface area contributed by atoms with Crippen LogP contribution in [-0.4, -0.2) is 15.0 Å². The number of allylic oxidation sites excluding steroid dienone is 6. The third kappa shape index (κ3) is 4.97. The summed E-state index contributed by atoms with van der Waals surface area (Å²) in [6.45, 7) is 11.9. The third-order valence-corrected chi connectivity index (χ3v) is 3.96. The van der Waals surface area contributed by atoms with Crippen molar-refractivity contribution in [2.24, 2.45) is 0 Å². The van der Waals surface area contributed by atoms with Gasteiger partial charge in [-0.3, -0.25) is 0 Å². The molecule has 0 spiro atoms. The molecular formula is C21H22ClN3. The van der Waals surface area contributed by atoms with Crippen molar-refractivity contribution < 1.29 is 0 Å². The van der Waals surface area contributed by atoms with E-state index in [-0.39, 0.29) is 5.28 Å². The van der Waals surface area contributed by atoms with E-state index in [2.05, 4.69) is 52.7 Å². The van der Waals surface area contributed by atoms with Crippen molar-refractivity contribution in [2.45, 2.75) is 27.7 Å². The molecule has 3 nitrogen and oxygen atoms in total. The maximum Gasteiger partial charge on any atom is 0.226 e. The van der Waals surface area contributed by atoms with Crippen molar-refractivity contribution in [1.29, 1.82) is 0 Å². The molecule has 0 aliphatic carbocycles. The van der Waals surface area contributed by atoms with Crippen LogP contribution in [0.25, 0.3) is 18.2 Å². The maximum atomic E-state index is 5.97. The topological polar surface area (TPSA) is 38.7 Å². The van der Waals surface area contributed by atoms with E-state index in [0.29, 0.717) is 11.6 Å². The number of nitrogens with zero attached hydrogens (tertiary/aromatic N) is 3. The van der Waals surface area contributed by atoms with E-state index in [1.165, 1.54) is 0 Å². The third-order valence-electron chi connectivity index (χ3n) is 3.79. The van der Waals surface area contributed by atoms with E-state index in [0.717, 1.165) is 27.2 Å². The lowest BCUT2D eigenvalue weighted by Crippen LogP contribution is -2.22. The van der Waals surface area contributed by atoms with Crippen molar-refractivity contribution >= 4 is 29.8 Å². The summed E-state index contributed by atoms with van der Waals surface area (Å²) in [5.74, 6) is 1.18. The molecule has 0 aliphatic heterocycles. The normalized spacial score (nSPS) is 14.1. The highest BCUT2D eigenvalue weighted by atomic mass is 35.5. The minimum Gasteiger partial charge on any atom is -0.213 e. The number of hydrogen-bond donors (Lipinski definition) is 0. The molecule has 2 rings (SSSR count). The average molecular weight is 352 g/mol. The lowest BCUT2D eigenvalue weighted by Gasteiger charge is -2.06. The van der Waals surface area contributed by atoms with E-state index in [4.69, 9.17) is 11.6 Å². The van der Waals surface area contributed by atoms with Gasteiger partial charge in [0.2, 0.25) is 5.28 Å². The Labute approximate surface area is 153 Å². The van der Waals surface area contributed by atoms with Gasteiger partial charge in [-0.05, 0) is 73.0 Å². The fourth-order valence-corrected chi connectivity index (χ4v) is 2.64. The van der Waals surface area contributed by atoms with Gasteiger partial charge in [-0.25, -0.2) is 9.97 Å². The molecule has 0 bridgehead atoms. The Bertz CT molecular complexity index is 949. The van der Waals surface area contributed by atoms with Crippen LogP contribution in [0.5, 0.6) is 0 Å². The van der Waals surface area contributed by atoms with Crippen LogP contribution < -0.4 is 10.4 Å². The van der Waals surface area contributed by atoms with Crippen LogP contribution in [0, 0.1) is 6.92 Å². The van der Waals surface area contributed by atoms with Gasteiger partial charge in [0, 0.05) is 5.57 Å². The van der Waals surface area contributed by atoms with Gasteiger partial charge < -0.3 is 0 Å². The number of aryl methyl sites for hydroxylation is 1. The van der Waals surface area contributed by atoms with Gasteiger partial charge >= 0.3 is 0 Å². The molecule has 1 aromatic carbocycles. The molecule has 0 fully saturated rings. The quantitative estimate of drug-likeness (QED) is 0.781. The SMILES string of the molecule is C=c1cccc/c1=C/C(=C\C)C(/C)=C/C(=C\C)c1nc(C)nc(Cl)n1. The summed E-state index contributed by atoms with van der Waals surface area (Å²) in [6, 6.07) is 8.07. The summed E-state index contributed by atoms with van der Waals surface area (Å²) in [6.07, 6.45) is 8.24. The average Bonchev–Trinajstić information content (AvgIpc) is 2.57. The van der Waals surface area contributed by atoms with Crippen LogP contribution in [0.4, 0.5) is 0 Å². The van der Waals surface area contributed by atoms with E-state index in [1.54, 1.807) is 6.92 Å². The van der Waals surface area contributed by atoms with Crippen LogP contribution in [-0.2, 0) is 0 Å². The Morgan fingerprint density at radius 1 is 1.08 bits per heavy atom. The summed E-state index contributed by atoms with van der Waals surface area (Å²) < 4.78 is 0. The molecular weight excluding hydrogens is 330 g/mol. The summed E-state index contributed by atoms with van der Waals surface area (Å²) >= 11 is 5.97. The van der Waals surface area contributed by atoms with Gasteiger partial charge in [0.25, 0.3) is 0 Å². The predicted molar refractivity (Wildman–Crippen MR) is 106 cm³/mol. The Balaban J connectivity index is 2.46. The van der Waals surface area contributed by atoms with Gasteiger partial charge in [0.05, 0.1) is 0 Å². The maximum absolute atomic E-state index is 5.97. The summed E-state index contributed by atoms with van der Waals surface area (Å²) in [5, 5.41) is 2.31. The zero-order valence-electron chi connectivity index (χ0n) is 15.0. The van der Waals surface area contributed by atoms with Gasteiger partial charge in [-0.1, -0.05) is 43.0 Å². The second-order valence-electron chi connectivity index (χ2n) is 5.63. The molecule has 128 valence electrons. The van der Waals surface area contributed by atoms with Crippen LogP contribution in [0.3, 0.4) is 0 Å². The molecule has 1 heterocycles. The minimum absolute atomic E-state index is 0.205. The van der Waals surface area contributed by atoms with Crippen LogP contribution in [0.15, 0.2) is 53.6 Å². The van der Waals surface area contributed by atoms with Gasteiger partial charge in [0.1, 0.15) is 5.82 Å². The first-order valence-corrected chi connectivity index (χ1v) is 8.48. The Kier molecular flexibility index (Phi) is 6.43. The molecule has 1 aromatic heterocycles. The lowest BCUT2D eigenvalue weighted by atomic mass is 10.0. The molecule has 0 saturated carbocycles. The minimum atomic E-state index is 0.205. The second-order valence-corrected chi connectivity index (χ2v) is 5.97. The van der Waals surface area contributed by atoms with Crippen LogP contribution in [0.2, 0.25) is 5.28 Å². The van der Waals surface area contributed by atoms with Crippen molar-refractivity contribution in [3.63, 3.8) is 0 Å². The summed E-state index contributed by atoms with van der Waals surface area (Å²) in [4.78, 5) is 12.6. The standard InChI is InChI=1S/C21H22ClN3/c1-6-17(13-19-11-9-8-10-14(19)3)15(4)12-18(7-2)20-23-16(5)24-21(22)25-20/h6-13H,3H2,1-2,4-5H3/b15-12+,17-6+,18-7+,19-13-. The molecule has 4 heteroatoms. The first kappa shape index (κ1) is 18.8. The second kappa shape index (κ2) is 8.54. The Hall–Kier alpha value is -2.52. The predicted octanol–water partition coefficient (Wildman–Crippen LogP) is 4.02. The molecule has 0 radical (unpaired) electrons. The van der Waals surface area contributed by atoms with Gasteiger partial charge in [0.15, 0.2) is 5.82 Å². The number of halogens is 1. The van der Waals surface area contributed by atoms with E-state index in [1.807, 2.05) is 38.1 Å². The van der Waals surface area contributed by atoms with E-state index < -0.39 is 0 Å². The van der Waals surface area contributed by atoms with Crippen LogP contribution >= 0.6 is 11.6 Å². The Morgan fingerprint density at radius 2 is 1.80 bits per heavy atom. The first-order chi connectivity index (χ1) is 11.9. The number of hydrogen-bond acceptors (Lipinski definition) is 3. The van der Waals surface area contributed by atoms with Crippen molar-refractivity contribution in [2.75, 3.05) is 0 Å². The number of aromatic nitrogens is 3. The smallest absolute Gasteiger partial charge is 0.213 e.